The molecule has 0 spiro atoms. The molecule has 0 atom stereocenters. The summed E-state index contributed by atoms with van der Waals surface area (Å²) in [5, 5.41) is 0. The van der Waals surface area contributed by atoms with Gasteiger partial charge in [0.05, 0.1) is 0 Å². The fourth-order valence-electron chi connectivity index (χ4n) is 1.69. The molecule has 1 aromatic rings. The van der Waals surface area contributed by atoms with Gasteiger partial charge in [-0.15, -0.1) is 0 Å². The third-order valence-corrected chi connectivity index (χ3v) is 4.79. The standard InChI is InChI=1S/C12H21N3O2S/c1-4-15(18(16,17)14(2)3)10-12-8-6-5-7-11(12)9-13/h5-8H,4,9-10,13H2,1-3H3. The summed E-state index contributed by atoms with van der Waals surface area (Å²) in [6.45, 7) is 3.02. The summed E-state index contributed by atoms with van der Waals surface area (Å²) in [7, 11) is -0.317. The van der Waals surface area contributed by atoms with Crippen LogP contribution >= 0.6 is 0 Å². The minimum atomic E-state index is -3.39. The van der Waals surface area contributed by atoms with Crippen molar-refractivity contribution in [3.63, 3.8) is 0 Å². The van der Waals surface area contributed by atoms with Crippen molar-refractivity contribution >= 4 is 10.2 Å². The van der Waals surface area contributed by atoms with Crippen LogP contribution in [0.1, 0.15) is 18.1 Å². The average Bonchev–Trinajstić information content (AvgIpc) is 2.35. The van der Waals surface area contributed by atoms with Crippen LogP contribution in [0.25, 0.3) is 0 Å². The van der Waals surface area contributed by atoms with Gasteiger partial charge in [-0.1, -0.05) is 31.2 Å². The highest BCUT2D eigenvalue weighted by Crippen LogP contribution is 2.14. The maximum atomic E-state index is 12.1. The van der Waals surface area contributed by atoms with Crippen LogP contribution in [-0.2, 0) is 23.3 Å². The Morgan fingerprint density at radius 2 is 1.72 bits per heavy atom. The van der Waals surface area contributed by atoms with Gasteiger partial charge < -0.3 is 5.73 Å². The summed E-state index contributed by atoms with van der Waals surface area (Å²) < 4.78 is 26.8. The van der Waals surface area contributed by atoms with E-state index >= 15 is 0 Å². The number of hydrogen-bond donors (Lipinski definition) is 1. The molecule has 0 saturated carbocycles. The predicted octanol–water partition coefficient (Wildman–Crippen LogP) is 0.774. The Bertz CT molecular complexity index is 486. The third kappa shape index (κ3) is 3.29. The van der Waals surface area contributed by atoms with Crippen LogP contribution in [0.2, 0.25) is 0 Å². The second-order valence-electron chi connectivity index (χ2n) is 4.19. The summed E-state index contributed by atoms with van der Waals surface area (Å²) >= 11 is 0. The summed E-state index contributed by atoms with van der Waals surface area (Å²) in [6.07, 6.45) is 0. The first kappa shape index (κ1) is 15.1. The largest absolute Gasteiger partial charge is 0.326 e. The van der Waals surface area contributed by atoms with Crippen LogP contribution in [0.3, 0.4) is 0 Å². The SMILES string of the molecule is CCN(Cc1ccccc1CN)S(=O)(=O)N(C)C. The van der Waals surface area contributed by atoms with Crippen LogP contribution in [-0.4, -0.2) is 37.7 Å². The highest BCUT2D eigenvalue weighted by molar-refractivity contribution is 7.86. The Balaban J connectivity index is 3.00. The van der Waals surface area contributed by atoms with Gasteiger partial charge in [0.15, 0.2) is 0 Å². The van der Waals surface area contributed by atoms with Crippen LogP contribution < -0.4 is 5.73 Å². The molecule has 102 valence electrons. The Morgan fingerprint density at radius 3 is 2.17 bits per heavy atom. The lowest BCUT2D eigenvalue weighted by Gasteiger charge is -2.25. The van der Waals surface area contributed by atoms with Crippen LogP contribution in [0, 0.1) is 0 Å². The van der Waals surface area contributed by atoms with E-state index in [-0.39, 0.29) is 0 Å². The van der Waals surface area contributed by atoms with Crippen molar-refractivity contribution < 1.29 is 8.42 Å². The van der Waals surface area contributed by atoms with Crippen molar-refractivity contribution in [2.45, 2.75) is 20.0 Å². The highest BCUT2D eigenvalue weighted by Gasteiger charge is 2.23. The lowest BCUT2D eigenvalue weighted by Crippen LogP contribution is -2.39. The Morgan fingerprint density at radius 1 is 1.17 bits per heavy atom. The summed E-state index contributed by atoms with van der Waals surface area (Å²) in [5.41, 5.74) is 7.59. The van der Waals surface area contributed by atoms with Crippen molar-refractivity contribution in [3.05, 3.63) is 35.4 Å². The molecule has 0 aliphatic carbocycles. The zero-order chi connectivity index (χ0) is 13.8. The topological polar surface area (TPSA) is 66.6 Å². The van der Waals surface area contributed by atoms with E-state index in [9.17, 15) is 8.42 Å². The summed E-state index contributed by atoms with van der Waals surface area (Å²) in [6, 6.07) is 7.63. The third-order valence-electron chi connectivity index (χ3n) is 2.83. The normalized spacial score (nSPS) is 12.3. The molecule has 0 heterocycles. The van der Waals surface area contributed by atoms with E-state index < -0.39 is 10.2 Å². The number of nitrogens with two attached hydrogens (primary N) is 1. The van der Waals surface area contributed by atoms with E-state index in [1.54, 1.807) is 0 Å². The van der Waals surface area contributed by atoms with Gasteiger partial charge in [-0.25, -0.2) is 0 Å². The molecule has 0 aliphatic heterocycles. The Kier molecular flexibility index (Phi) is 5.28. The molecule has 0 saturated heterocycles. The Labute approximate surface area is 109 Å². The van der Waals surface area contributed by atoms with Gasteiger partial charge in [0.1, 0.15) is 0 Å². The van der Waals surface area contributed by atoms with Gasteiger partial charge in [-0.3, -0.25) is 0 Å². The first-order valence-electron chi connectivity index (χ1n) is 5.88. The predicted molar refractivity (Wildman–Crippen MR) is 73.0 cm³/mol. The molecule has 1 aromatic carbocycles. The van der Waals surface area contributed by atoms with Gasteiger partial charge in [0.2, 0.25) is 0 Å². The van der Waals surface area contributed by atoms with Gasteiger partial charge >= 0.3 is 0 Å². The smallest absolute Gasteiger partial charge is 0.281 e. The second kappa shape index (κ2) is 6.29. The molecule has 0 amide bonds. The van der Waals surface area contributed by atoms with Crippen molar-refractivity contribution in [1.29, 1.82) is 0 Å². The lowest BCUT2D eigenvalue weighted by molar-refractivity contribution is 0.381. The van der Waals surface area contributed by atoms with Crippen molar-refractivity contribution in [2.75, 3.05) is 20.6 Å². The molecule has 2 N–H and O–H groups in total. The minimum absolute atomic E-state index is 0.352. The fraction of sp³-hybridized carbons (Fsp3) is 0.500. The molecule has 0 fully saturated rings. The maximum Gasteiger partial charge on any atom is 0.281 e. The molecular weight excluding hydrogens is 250 g/mol. The van der Waals surface area contributed by atoms with Crippen LogP contribution in [0.4, 0.5) is 0 Å². The molecule has 18 heavy (non-hydrogen) atoms. The molecule has 0 unspecified atom stereocenters. The van der Waals surface area contributed by atoms with Gasteiger partial charge in [-0.2, -0.15) is 17.0 Å². The number of hydrogen-bond acceptors (Lipinski definition) is 3. The molecule has 1 rings (SSSR count). The fourth-order valence-corrected chi connectivity index (χ4v) is 2.78. The zero-order valence-corrected chi connectivity index (χ0v) is 11.9. The average molecular weight is 271 g/mol. The molecule has 0 bridgehead atoms. The molecule has 0 radical (unpaired) electrons. The summed E-state index contributed by atoms with van der Waals surface area (Å²) in [5.74, 6) is 0. The van der Waals surface area contributed by atoms with E-state index in [2.05, 4.69) is 0 Å². The molecule has 0 aromatic heterocycles. The highest BCUT2D eigenvalue weighted by atomic mass is 32.2. The van der Waals surface area contributed by atoms with Crippen molar-refractivity contribution in [2.24, 2.45) is 5.73 Å². The number of rotatable bonds is 6. The van der Waals surface area contributed by atoms with E-state index in [1.165, 1.54) is 22.7 Å². The van der Waals surface area contributed by atoms with Gasteiger partial charge in [-0.05, 0) is 11.1 Å². The summed E-state index contributed by atoms with van der Waals surface area (Å²) in [4.78, 5) is 0. The van der Waals surface area contributed by atoms with Crippen molar-refractivity contribution in [1.82, 2.24) is 8.61 Å². The van der Waals surface area contributed by atoms with Gasteiger partial charge in [0.25, 0.3) is 10.2 Å². The first-order valence-corrected chi connectivity index (χ1v) is 7.27. The minimum Gasteiger partial charge on any atom is -0.326 e. The van der Waals surface area contributed by atoms with Crippen LogP contribution in [0.5, 0.6) is 0 Å². The van der Waals surface area contributed by atoms with Gasteiger partial charge in [0, 0.05) is 33.7 Å². The molecule has 5 nitrogen and oxygen atoms in total. The maximum absolute atomic E-state index is 12.1. The van der Waals surface area contributed by atoms with E-state index in [0.29, 0.717) is 19.6 Å². The first-order chi connectivity index (χ1) is 8.43. The lowest BCUT2D eigenvalue weighted by atomic mass is 10.1. The monoisotopic (exact) mass is 271 g/mol. The zero-order valence-electron chi connectivity index (χ0n) is 11.1. The molecule has 6 heteroatoms. The molecule has 0 aliphatic rings. The Hall–Kier alpha value is -0.950. The van der Waals surface area contributed by atoms with Crippen molar-refractivity contribution in [3.8, 4) is 0 Å². The number of benzene rings is 1. The van der Waals surface area contributed by atoms with E-state index in [1.807, 2.05) is 31.2 Å². The van der Waals surface area contributed by atoms with Crippen LogP contribution in [0.15, 0.2) is 24.3 Å². The second-order valence-corrected chi connectivity index (χ2v) is 6.33. The molecular formula is C12H21N3O2S. The van der Waals surface area contributed by atoms with E-state index in [0.717, 1.165) is 11.1 Å². The number of nitrogens with zero attached hydrogens (tertiary/aromatic N) is 2. The quantitative estimate of drug-likeness (QED) is 0.831. The van der Waals surface area contributed by atoms with E-state index in [4.69, 9.17) is 5.73 Å².